The van der Waals surface area contributed by atoms with Crippen LogP contribution in [0.1, 0.15) is 53.9 Å². The molecule has 0 aromatic carbocycles. The Morgan fingerprint density at radius 3 is 2.47 bits per heavy atom. The van der Waals surface area contributed by atoms with Gasteiger partial charge in [0, 0.05) is 13.0 Å². The molecule has 1 amide bonds. The van der Waals surface area contributed by atoms with Crippen LogP contribution >= 0.6 is 0 Å². The number of hydrogen-bond acceptors (Lipinski definition) is 4. The Labute approximate surface area is 115 Å². The van der Waals surface area contributed by atoms with Crippen molar-refractivity contribution in [2.45, 2.75) is 65.1 Å². The summed E-state index contributed by atoms with van der Waals surface area (Å²) in [5.74, 6) is -0.228. The first kappa shape index (κ1) is 15.8. The lowest BCUT2D eigenvalue weighted by molar-refractivity contribution is -0.162. The van der Waals surface area contributed by atoms with E-state index in [0.29, 0.717) is 19.5 Å². The number of hydrogen-bond donors (Lipinski definition) is 0. The summed E-state index contributed by atoms with van der Waals surface area (Å²) in [6.45, 7) is 10.2. The quantitative estimate of drug-likeness (QED) is 0.725. The summed E-state index contributed by atoms with van der Waals surface area (Å²) in [4.78, 5) is 25.1. The van der Waals surface area contributed by atoms with Crippen LogP contribution < -0.4 is 0 Å². The molecule has 1 fully saturated rings. The van der Waals surface area contributed by atoms with E-state index in [2.05, 4.69) is 0 Å². The van der Waals surface area contributed by atoms with E-state index in [1.807, 2.05) is 27.7 Å². The summed E-state index contributed by atoms with van der Waals surface area (Å²) in [7, 11) is 0. The van der Waals surface area contributed by atoms with Gasteiger partial charge in [-0.15, -0.1) is 0 Å². The van der Waals surface area contributed by atoms with Crippen molar-refractivity contribution < 1.29 is 19.1 Å². The van der Waals surface area contributed by atoms with Crippen LogP contribution in [-0.4, -0.2) is 41.3 Å². The van der Waals surface area contributed by atoms with Gasteiger partial charge in [-0.1, -0.05) is 6.92 Å². The molecule has 1 saturated heterocycles. The molecule has 5 heteroatoms. The Morgan fingerprint density at radius 1 is 1.32 bits per heavy atom. The second kappa shape index (κ2) is 5.80. The van der Waals surface area contributed by atoms with E-state index < -0.39 is 11.2 Å². The summed E-state index contributed by atoms with van der Waals surface area (Å²) < 4.78 is 10.8. The van der Waals surface area contributed by atoms with Crippen LogP contribution in [0.25, 0.3) is 0 Å². The van der Waals surface area contributed by atoms with Crippen LogP contribution in [0.15, 0.2) is 0 Å². The Hall–Kier alpha value is -1.26. The largest absolute Gasteiger partial charge is 0.457 e. The molecule has 0 aliphatic carbocycles. The van der Waals surface area contributed by atoms with Gasteiger partial charge in [-0.3, -0.25) is 4.79 Å². The SMILES string of the molecule is CCC(=O)OC1(C)CCCN(C(=O)OC(C)(C)C)C1. The first-order valence-electron chi connectivity index (χ1n) is 6.85. The monoisotopic (exact) mass is 271 g/mol. The Morgan fingerprint density at radius 2 is 1.95 bits per heavy atom. The van der Waals surface area contributed by atoms with E-state index >= 15 is 0 Å². The van der Waals surface area contributed by atoms with Gasteiger partial charge < -0.3 is 14.4 Å². The topological polar surface area (TPSA) is 55.8 Å². The number of carbonyl (C=O) groups excluding carboxylic acids is 2. The molecular weight excluding hydrogens is 246 g/mol. The van der Waals surface area contributed by atoms with E-state index in [-0.39, 0.29) is 12.1 Å². The van der Waals surface area contributed by atoms with Crippen molar-refractivity contribution in [3.05, 3.63) is 0 Å². The molecule has 1 unspecified atom stereocenters. The Balaban J connectivity index is 2.63. The summed E-state index contributed by atoms with van der Waals surface area (Å²) in [6, 6.07) is 0. The van der Waals surface area contributed by atoms with Gasteiger partial charge in [-0.25, -0.2) is 4.79 Å². The first-order chi connectivity index (χ1) is 8.65. The van der Waals surface area contributed by atoms with Crippen LogP contribution in [0.5, 0.6) is 0 Å². The number of piperidine rings is 1. The molecule has 110 valence electrons. The van der Waals surface area contributed by atoms with E-state index in [0.717, 1.165) is 12.8 Å². The van der Waals surface area contributed by atoms with Crippen LogP contribution in [0, 0.1) is 0 Å². The molecule has 5 nitrogen and oxygen atoms in total. The van der Waals surface area contributed by atoms with Gasteiger partial charge in [0.15, 0.2) is 0 Å². The number of esters is 1. The van der Waals surface area contributed by atoms with Gasteiger partial charge in [0.2, 0.25) is 0 Å². The number of carbonyl (C=O) groups is 2. The maximum absolute atomic E-state index is 12.0. The van der Waals surface area contributed by atoms with Crippen molar-refractivity contribution in [1.29, 1.82) is 0 Å². The first-order valence-corrected chi connectivity index (χ1v) is 6.85. The molecular formula is C14H25NO4. The molecule has 1 aliphatic rings. The fourth-order valence-corrected chi connectivity index (χ4v) is 2.12. The third-order valence-corrected chi connectivity index (χ3v) is 2.96. The fourth-order valence-electron chi connectivity index (χ4n) is 2.12. The third kappa shape index (κ3) is 5.09. The highest BCUT2D eigenvalue weighted by Gasteiger charge is 2.37. The van der Waals surface area contributed by atoms with Gasteiger partial charge in [0.25, 0.3) is 0 Å². The lowest BCUT2D eigenvalue weighted by atomic mass is 9.95. The van der Waals surface area contributed by atoms with Gasteiger partial charge in [0.05, 0.1) is 6.54 Å². The van der Waals surface area contributed by atoms with Crippen molar-refractivity contribution in [1.82, 2.24) is 4.90 Å². The molecule has 0 bridgehead atoms. The highest BCUT2D eigenvalue weighted by molar-refractivity contribution is 5.70. The zero-order valence-corrected chi connectivity index (χ0v) is 12.6. The summed E-state index contributed by atoms with van der Waals surface area (Å²) >= 11 is 0. The highest BCUT2D eigenvalue weighted by Crippen LogP contribution is 2.26. The zero-order valence-electron chi connectivity index (χ0n) is 12.6. The highest BCUT2D eigenvalue weighted by atomic mass is 16.6. The molecule has 0 aromatic rings. The van der Waals surface area contributed by atoms with Crippen LogP contribution in [0.3, 0.4) is 0 Å². The van der Waals surface area contributed by atoms with Crippen molar-refractivity contribution >= 4 is 12.1 Å². The van der Waals surface area contributed by atoms with E-state index in [1.165, 1.54) is 0 Å². The average Bonchev–Trinajstić information content (AvgIpc) is 2.26. The lowest BCUT2D eigenvalue weighted by Gasteiger charge is -2.40. The predicted octanol–water partition coefficient (Wildman–Crippen LogP) is 2.73. The minimum Gasteiger partial charge on any atom is -0.457 e. The van der Waals surface area contributed by atoms with Gasteiger partial charge in [0.1, 0.15) is 11.2 Å². The second-order valence-corrected chi connectivity index (χ2v) is 6.28. The molecule has 19 heavy (non-hydrogen) atoms. The lowest BCUT2D eigenvalue weighted by Crippen LogP contribution is -2.51. The smallest absolute Gasteiger partial charge is 0.410 e. The number of amides is 1. The van der Waals surface area contributed by atoms with Crippen molar-refractivity contribution in [2.24, 2.45) is 0 Å². The second-order valence-electron chi connectivity index (χ2n) is 6.28. The molecule has 1 atom stereocenters. The molecule has 0 radical (unpaired) electrons. The van der Waals surface area contributed by atoms with Crippen LogP contribution in [-0.2, 0) is 14.3 Å². The van der Waals surface area contributed by atoms with Crippen molar-refractivity contribution in [3.8, 4) is 0 Å². The Kier molecular flexibility index (Phi) is 4.82. The van der Waals surface area contributed by atoms with Gasteiger partial charge in [-0.2, -0.15) is 0 Å². The van der Waals surface area contributed by atoms with Gasteiger partial charge in [-0.05, 0) is 40.5 Å². The van der Waals surface area contributed by atoms with Gasteiger partial charge >= 0.3 is 12.1 Å². The molecule has 1 rings (SSSR count). The predicted molar refractivity (Wildman–Crippen MR) is 71.8 cm³/mol. The maximum atomic E-state index is 12.0. The van der Waals surface area contributed by atoms with E-state index in [9.17, 15) is 9.59 Å². The standard InChI is InChI=1S/C14H25NO4/c1-6-11(16)18-14(5)8-7-9-15(10-14)12(17)19-13(2,3)4/h6-10H2,1-5H3. The van der Waals surface area contributed by atoms with Crippen molar-refractivity contribution in [2.75, 3.05) is 13.1 Å². The van der Waals surface area contributed by atoms with E-state index in [1.54, 1.807) is 11.8 Å². The normalized spacial score (nSPS) is 23.9. The number of ether oxygens (including phenoxy) is 2. The van der Waals surface area contributed by atoms with Crippen LogP contribution in [0.4, 0.5) is 4.79 Å². The number of rotatable bonds is 2. The minimum atomic E-state index is -0.595. The Bertz CT molecular complexity index is 348. The zero-order chi connectivity index (χ0) is 14.7. The third-order valence-electron chi connectivity index (χ3n) is 2.96. The summed E-state index contributed by atoms with van der Waals surface area (Å²) in [6.07, 6.45) is 1.60. The minimum absolute atomic E-state index is 0.228. The number of nitrogens with zero attached hydrogens (tertiary/aromatic N) is 1. The fraction of sp³-hybridized carbons (Fsp3) is 0.857. The summed E-state index contributed by atoms with van der Waals surface area (Å²) in [5, 5.41) is 0. The molecule has 0 N–H and O–H groups in total. The average molecular weight is 271 g/mol. The molecule has 0 spiro atoms. The number of likely N-dealkylation sites (tertiary alicyclic amines) is 1. The van der Waals surface area contributed by atoms with Crippen LogP contribution in [0.2, 0.25) is 0 Å². The molecule has 1 aliphatic heterocycles. The van der Waals surface area contributed by atoms with Crippen molar-refractivity contribution in [3.63, 3.8) is 0 Å². The molecule has 0 saturated carbocycles. The molecule has 0 aromatic heterocycles. The molecule has 1 heterocycles. The maximum Gasteiger partial charge on any atom is 0.410 e. The summed E-state index contributed by atoms with van der Waals surface area (Å²) in [5.41, 5.74) is -1.10. The van der Waals surface area contributed by atoms with E-state index in [4.69, 9.17) is 9.47 Å².